The van der Waals surface area contributed by atoms with E-state index in [0.717, 1.165) is 6.26 Å². The first-order valence-corrected chi connectivity index (χ1v) is 9.72. The van der Waals surface area contributed by atoms with E-state index in [1.54, 1.807) is 12.1 Å². The number of carbonyl (C=O) groups is 1. The van der Waals surface area contributed by atoms with E-state index in [2.05, 4.69) is 20.5 Å². The van der Waals surface area contributed by atoms with E-state index >= 15 is 0 Å². The molecular formula is C16H20N4O5S. The number of nitrogens with one attached hydrogen (secondary N) is 2. The molecule has 0 spiro atoms. The molecule has 26 heavy (non-hydrogen) atoms. The van der Waals surface area contributed by atoms with E-state index < -0.39 is 15.4 Å². The van der Waals surface area contributed by atoms with Gasteiger partial charge in [0.2, 0.25) is 5.91 Å². The number of sulfone groups is 1. The van der Waals surface area contributed by atoms with Crippen molar-refractivity contribution in [1.29, 1.82) is 0 Å². The summed E-state index contributed by atoms with van der Waals surface area (Å²) in [5.41, 5.74) is 0.251. The van der Waals surface area contributed by atoms with Crippen molar-refractivity contribution in [3.63, 3.8) is 0 Å². The maximum atomic E-state index is 12.1. The molecule has 140 valence electrons. The average Bonchev–Trinajstić information content (AvgIpc) is 2.60. The second-order valence-corrected chi connectivity index (χ2v) is 7.60. The number of hydrogen-bond acceptors (Lipinski definition) is 7. The summed E-state index contributed by atoms with van der Waals surface area (Å²) in [6.07, 6.45) is 1.39. The van der Waals surface area contributed by atoms with Crippen molar-refractivity contribution in [2.45, 2.75) is 17.7 Å². The average molecular weight is 380 g/mol. The highest BCUT2D eigenvalue weighted by molar-refractivity contribution is 7.90. The van der Waals surface area contributed by atoms with Gasteiger partial charge in [0.05, 0.1) is 11.5 Å². The van der Waals surface area contributed by atoms with Gasteiger partial charge < -0.3 is 15.0 Å². The Bertz CT molecular complexity index is 922. The van der Waals surface area contributed by atoms with Gasteiger partial charge >= 0.3 is 0 Å². The number of H-pyrrole nitrogens is 1. The van der Waals surface area contributed by atoms with Gasteiger partial charge in [-0.2, -0.15) is 0 Å². The topological polar surface area (TPSA) is 131 Å². The Morgan fingerprint density at radius 3 is 2.50 bits per heavy atom. The highest BCUT2D eigenvalue weighted by Gasteiger charge is 2.11. The molecule has 0 bridgehead atoms. The zero-order valence-electron chi connectivity index (χ0n) is 14.5. The fourth-order valence-electron chi connectivity index (χ4n) is 2.13. The number of aromatic nitrogens is 3. The number of benzene rings is 1. The molecule has 1 amide bonds. The third kappa shape index (κ3) is 5.46. The third-order valence-corrected chi connectivity index (χ3v) is 4.67. The number of carbonyl (C=O) groups excluding carboxylic acids is 1. The van der Waals surface area contributed by atoms with Crippen LogP contribution < -0.4 is 10.9 Å². The van der Waals surface area contributed by atoms with Crippen LogP contribution in [0.4, 0.5) is 0 Å². The van der Waals surface area contributed by atoms with E-state index in [1.165, 1.54) is 19.2 Å². The highest BCUT2D eigenvalue weighted by Crippen LogP contribution is 2.16. The largest absolute Gasteiger partial charge is 0.383 e. The van der Waals surface area contributed by atoms with Gasteiger partial charge in [-0.1, -0.05) is 0 Å². The first kappa shape index (κ1) is 19.7. The van der Waals surface area contributed by atoms with Crippen molar-refractivity contribution in [2.24, 2.45) is 0 Å². The van der Waals surface area contributed by atoms with Crippen LogP contribution in [0.1, 0.15) is 12.1 Å². The summed E-state index contributed by atoms with van der Waals surface area (Å²) in [5, 5.41) is 10.5. The maximum Gasteiger partial charge on any atom is 0.273 e. The predicted octanol–water partition coefficient (Wildman–Crippen LogP) is -0.0694. The number of aryl methyl sites for hydroxylation is 1. The van der Waals surface area contributed by atoms with Gasteiger partial charge in [0.25, 0.3) is 5.56 Å². The van der Waals surface area contributed by atoms with Gasteiger partial charge in [-0.3, -0.25) is 9.59 Å². The number of aromatic amines is 1. The van der Waals surface area contributed by atoms with Crippen LogP contribution in [0.2, 0.25) is 0 Å². The minimum Gasteiger partial charge on any atom is -0.383 e. The Hall–Kier alpha value is -2.59. The van der Waals surface area contributed by atoms with Crippen molar-refractivity contribution in [2.75, 3.05) is 26.5 Å². The van der Waals surface area contributed by atoms with Crippen molar-refractivity contribution in [1.82, 2.24) is 20.5 Å². The summed E-state index contributed by atoms with van der Waals surface area (Å²) < 4.78 is 27.8. The summed E-state index contributed by atoms with van der Waals surface area (Å²) in [6.45, 7) is 0.818. The Kier molecular flexibility index (Phi) is 6.58. The Morgan fingerprint density at radius 2 is 1.92 bits per heavy atom. The smallest absolute Gasteiger partial charge is 0.273 e. The van der Waals surface area contributed by atoms with Crippen LogP contribution in [0.3, 0.4) is 0 Å². The Balaban J connectivity index is 2.05. The van der Waals surface area contributed by atoms with Crippen molar-refractivity contribution in [3.05, 3.63) is 40.3 Å². The van der Waals surface area contributed by atoms with Crippen LogP contribution in [0.15, 0.2) is 34.0 Å². The number of rotatable bonds is 8. The van der Waals surface area contributed by atoms with Crippen LogP contribution in [-0.4, -0.2) is 56.0 Å². The predicted molar refractivity (Wildman–Crippen MR) is 94.4 cm³/mol. The molecule has 0 saturated heterocycles. The summed E-state index contributed by atoms with van der Waals surface area (Å²) in [5.74, 6) is 0.0204. The molecule has 10 heteroatoms. The summed E-state index contributed by atoms with van der Waals surface area (Å²) in [4.78, 5) is 26.5. The highest BCUT2D eigenvalue weighted by atomic mass is 32.2. The second-order valence-electron chi connectivity index (χ2n) is 5.59. The van der Waals surface area contributed by atoms with E-state index in [-0.39, 0.29) is 35.2 Å². The van der Waals surface area contributed by atoms with Gasteiger partial charge in [0, 0.05) is 38.3 Å². The number of nitrogens with zero attached hydrogens (tertiary/aromatic N) is 2. The van der Waals surface area contributed by atoms with Gasteiger partial charge in [-0.25, -0.2) is 8.42 Å². The first-order valence-electron chi connectivity index (χ1n) is 7.83. The molecule has 1 heterocycles. The van der Waals surface area contributed by atoms with Crippen LogP contribution >= 0.6 is 0 Å². The number of methoxy groups -OCH3 is 1. The van der Waals surface area contributed by atoms with Crippen LogP contribution in [0.5, 0.6) is 0 Å². The maximum absolute atomic E-state index is 12.1. The number of hydrogen-bond donors (Lipinski definition) is 2. The lowest BCUT2D eigenvalue weighted by Crippen LogP contribution is -2.28. The van der Waals surface area contributed by atoms with E-state index in [1.807, 2.05) is 0 Å². The van der Waals surface area contributed by atoms with Crippen LogP contribution in [-0.2, 0) is 25.8 Å². The van der Waals surface area contributed by atoms with Crippen LogP contribution in [0.25, 0.3) is 11.4 Å². The quantitative estimate of drug-likeness (QED) is 0.613. The lowest BCUT2D eigenvalue weighted by Gasteiger charge is -2.05. The molecule has 2 aromatic rings. The molecule has 0 atom stereocenters. The molecule has 2 N–H and O–H groups in total. The van der Waals surface area contributed by atoms with Gasteiger partial charge in [0.1, 0.15) is 5.69 Å². The molecule has 2 rings (SSSR count). The van der Waals surface area contributed by atoms with Crippen molar-refractivity contribution >= 4 is 15.7 Å². The van der Waals surface area contributed by atoms with E-state index in [9.17, 15) is 18.0 Å². The fraction of sp³-hybridized carbons (Fsp3) is 0.375. The zero-order valence-corrected chi connectivity index (χ0v) is 15.3. The molecule has 0 fully saturated rings. The molecule has 0 aliphatic rings. The van der Waals surface area contributed by atoms with Gasteiger partial charge in [0.15, 0.2) is 15.7 Å². The molecule has 9 nitrogen and oxygen atoms in total. The minimum atomic E-state index is -3.29. The standard InChI is InChI=1S/C16H20N4O5S/c1-25-10-9-17-14(21)8-7-13-16(22)18-15(20-19-13)11-3-5-12(6-4-11)26(2,23)24/h3-6H,7-10H2,1-2H3,(H,17,21)(H,18,20,22). The SMILES string of the molecule is COCCNC(=O)CCc1nnc(-c2ccc(S(C)(=O)=O)cc2)[nH]c1=O. The zero-order chi connectivity index (χ0) is 19.2. The number of amides is 1. The normalized spacial score (nSPS) is 11.3. The second kappa shape index (κ2) is 8.68. The summed E-state index contributed by atoms with van der Waals surface area (Å²) in [7, 11) is -1.76. The molecular weight excluding hydrogens is 360 g/mol. The molecule has 0 aliphatic carbocycles. The lowest BCUT2D eigenvalue weighted by molar-refractivity contribution is -0.121. The lowest BCUT2D eigenvalue weighted by atomic mass is 10.2. The first-order chi connectivity index (χ1) is 12.3. The van der Waals surface area contributed by atoms with E-state index in [0.29, 0.717) is 18.7 Å². The van der Waals surface area contributed by atoms with Gasteiger partial charge in [-0.05, 0) is 24.3 Å². The summed E-state index contributed by atoms with van der Waals surface area (Å²) in [6, 6.07) is 5.95. The molecule has 1 aromatic carbocycles. The summed E-state index contributed by atoms with van der Waals surface area (Å²) >= 11 is 0. The molecule has 0 aliphatic heterocycles. The number of ether oxygens (including phenoxy) is 1. The van der Waals surface area contributed by atoms with Crippen molar-refractivity contribution < 1.29 is 17.9 Å². The monoisotopic (exact) mass is 380 g/mol. The third-order valence-electron chi connectivity index (χ3n) is 3.54. The Labute approximate surface area is 150 Å². The van der Waals surface area contributed by atoms with Crippen molar-refractivity contribution in [3.8, 4) is 11.4 Å². The molecule has 0 radical (unpaired) electrons. The minimum absolute atomic E-state index is 0.115. The molecule has 0 saturated carbocycles. The Morgan fingerprint density at radius 1 is 1.23 bits per heavy atom. The fourth-order valence-corrected chi connectivity index (χ4v) is 2.76. The van der Waals surface area contributed by atoms with Crippen LogP contribution in [0, 0.1) is 0 Å². The van der Waals surface area contributed by atoms with Gasteiger partial charge in [-0.15, -0.1) is 10.2 Å². The molecule has 1 aromatic heterocycles. The van der Waals surface area contributed by atoms with E-state index in [4.69, 9.17) is 4.74 Å². The molecule has 0 unspecified atom stereocenters.